The average Bonchev–Trinajstić information content (AvgIpc) is 2.75. The monoisotopic (exact) mass is 385 g/mol. The number of aliphatic carboxylic acids is 1. The predicted molar refractivity (Wildman–Crippen MR) is 73.7 cm³/mol. The second kappa shape index (κ2) is 5.59. The molecule has 2 rings (SSSR count). The van der Waals surface area contributed by atoms with E-state index in [0.29, 0.717) is 6.42 Å². The summed E-state index contributed by atoms with van der Waals surface area (Å²) in [6, 6.07) is 0.739. The fourth-order valence-corrected chi connectivity index (χ4v) is 5.57. The van der Waals surface area contributed by atoms with Gasteiger partial charge in [0.25, 0.3) is 0 Å². The van der Waals surface area contributed by atoms with Gasteiger partial charge in [0.1, 0.15) is 16.8 Å². The highest BCUT2D eigenvalue weighted by atomic mass is 79.9. The summed E-state index contributed by atoms with van der Waals surface area (Å²) in [4.78, 5) is 10.8. The van der Waals surface area contributed by atoms with Crippen LogP contribution in [0.1, 0.15) is 12.8 Å². The molecule has 0 saturated carbocycles. The highest BCUT2D eigenvalue weighted by Gasteiger charge is 2.41. The molecule has 0 aliphatic carbocycles. The van der Waals surface area contributed by atoms with Crippen molar-refractivity contribution in [1.82, 2.24) is 4.31 Å². The summed E-state index contributed by atoms with van der Waals surface area (Å²) in [5.41, 5.74) is 0. The number of carbonyl (C=O) groups is 1. The highest BCUT2D eigenvalue weighted by Crippen LogP contribution is 2.35. The van der Waals surface area contributed by atoms with Crippen molar-refractivity contribution < 1.29 is 22.7 Å². The zero-order valence-corrected chi connectivity index (χ0v) is 13.2. The molecule has 1 aromatic carbocycles. The van der Waals surface area contributed by atoms with Crippen molar-refractivity contribution in [2.75, 3.05) is 6.54 Å². The Morgan fingerprint density at radius 3 is 2.70 bits per heavy atom. The lowest BCUT2D eigenvalue weighted by molar-refractivity contribution is -0.140. The van der Waals surface area contributed by atoms with E-state index in [-0.39, 0.29) is 27.4 Å². The molecule has 1 fully saturated rings. The van der Waals surface area contributed by atoms with Crippen LogP contribution in [-0.4, -0.2) is 36.4 Å². The molecule has 20 heavy (non-hydrogen) atoms. The van der Waals surface area contributed by atoms with Crippen molar-refractivity contribution in [3.63, 3.8) is 0 Å². The van der Waals surface area contributed by atoms with Crippen LogP contribution < -0.4 is 0 Å². The van der Waals surface area contributed by atoms with E-state index in [0.717, 1.165) is 16.4 Å². The van der Waals surface area contributed by atoms with Crippen molar-refractivity contribution in [3.05, 3.63) is 27.4 Å². The SMILES string of the molecule is O=C(O)[C@H]1CCCN1S(=O)(=O)c1c(Cl)cc(F)cc1Br. The molecule has 5 nitrogen and oxygen atoms in total. The Morgan fingerprint density at radius 1 is 1.50 bits per heavy atom. The number of benzene rings is 1. The Kier molecular flexibility index (Phi) is 4.38. The van der Waals surface area contributed by atoms with Gasteiger partial charge in [-0.3, -0.25) is 4.79 Å². The van der Waals surface area contributed by atoms with Crippen LogP contribution in [0, 0.1) is 5.82 Å². The topological polar surface area (TPSA) is 74.7 Å². The van der Waals surface area contributed by atoms with E-state index in [1.807, 2.05) is 0 Å². The third-order valence-electron chi connectivity index (χ3n) is 3.02. The highest BCUT2D eigenvalue weighted by molar-refractivity contribution is 9.10. The molecule has 1 aliphatic rings. The molecule has 1 saturated heterocycles. The number of hydrogen-bond donors (Lipinski definition) is 1. The van der Waals surface area contributed by atoms with Gasteiger partial charge in [0.2, 0.25) is 10.0 Å². The van der Waals surface area contributed by atoms with Gasteiger partial charge in [-0.2, -0.15) is 4.31 Å². The molecule has 110 valence electrons. The lowest BCUT2D eigenvalue weighted by Crippen LogP contribution is -2.40. The Labute approximate surface area is 128 Å². The van der Waals surface area contributed by atoms with Crippen LogP contribution >= 0.6 is 27.5 Å². The van der Waals surface area contributed by atoms with E-state index in [1.165, 1.54) is 0 Å². The van der Waals surface area contributed by atoms with Crippen LogP contribution in [0.2, 0.25) is 5.02 Å². The molecule has 0 amide bonds. The van der Waals surface area contributed by atoms with Crippen molar-refractivity contribution in [1.29, 1.82) is 0 Å². The molecule has 1 aromatic rings. The van der Waals surface area contributed by atoms with Gasteiger partial charge in [-0.05, 0) is 40.9 Å². The quantitative estimate of drug-likeness (QED) is 0.866. The molecule has 0 spiro atoms. The number of sulfonamides is 1. The van der Waals surface area contributed by atoms with Gasteiger partial charge < -0.3 is 5.11 Å². The molecule has 1 aliphatic heterocycles. The third kappa shape index (κ3) is 2.69. The number of rotatable bonds is 3. The minimum atomic E-state index is -4.10. The van der Waals surface area contributed by atoms with Gasteiger partial charge in [0.05, 0.1) is 5.02 Å². The first kappa shape index (κ1) is 15.7. The smallest absolute Gasteiger partial charge is 0.322 e. The number of halogens is 3. The van der Waals surface area contributed by atoms with Crippen LogP contribution in [0.4, 0.5) is 4.39 Å². The molecule has 9 heteroatoms. The van der Waals surface area contributed by atoms with Gasteiger partial charge in [0.15, 0.2) is 0 Å². The minimum Gasteiger partial charge on any atom is -0.480 e. The van der Waals surface area contributed by atoms with Crippen molar-refractivity contribution in [2.45, 2.75) is 23.8 Å². The fraction of sp³-hybridized carbons (Fsp3) is 0.364. The lowest BCUT2D eigenvalue weighted by atomic mass is 10.2. The molecule has 0 unspecified atom stereocenters. The van der Waals surface area contributed by atoms with Crippen molar-refractivity contribution in [3.8, 4) is 0 Å². The van der Waals surface area contributed by atoms with Gasteiger partial charge in [-0.15, -0.1) is 0 Å². The standard InChI is InChI=1S/C11H10BrClFNO4S/c12-7-4-6(14)5-8(13)10(7)20(18,19)15-3-1-2-9(15)11(16)17/h4-5,9H,1-3H2,(H,16,17)/t9-/m1/s1. The number of hydrogen-bond acceptors (Lipinski definition) is 3. The first-order valence-electron chi connectivity index (χ1n) is 5.64. The minimum absolute atomic E-state index is 0.0291. The van der Waals surface area contributed by atoms with E-state index in [1.54, 1.807) is 0 Å². The Hall–Kier alpha value is -0.700. The fourth-order valence-electron chi connectivity index (χ4n) is 2.17. The molecule has 0 bridgehead atoms. The summed E-state index contributed by atoms with van der Waals surface area (Å²) < 4.78 is 39.1. The van der Waals surface area contributed by atoms with Crippen LogP contribution in [0.25, 0.3) is 0 Å². The third-order valence-corrected chi connectivity index (χ3v) is 6.33. The van der Waals surface area contributed by atoms with Gasteiger partial charge in [0, 0.05) is 11.0 Å². The van der Waals surface area contributed by atoms with E-state index in [9.17, 15) is 17.6 Å². The van der Waals surface area contributed by atoms with Gasteiger partial charge >= 0.3 is 5.97 Å². The summed E-state index contributed by atoms with van der Waals surface area (Å²) in [5, 5.41) is 8.78. The molecule has 1 atom stereocenters. The maximum Gasteiger partial charge on any atom is 0.322 e. The van der Waals surface area contributed by atoms with Crippen LogP contribution in [0.3, 0.4) is 0 Å². The summed E-state index contributed by atoms with van der Waals surface area (Å²) in [6.45, 7) is 0.0967. The number of carboxylic acid groups (broad SMARTS) is 1. The average molecular weight is 387 g/mol. The van der Waals surface area contributed by atoms with E-state index < -0.39 is 27.9 Å². The molecule has 0 radical (unpaired) electrons. The summed E-state index contributed by atoms with van der Waals surface area (Å²) >= 11 is 8.76. The largest absolute Gasteiger partial charge is 0.480 e. The van der Waals surface area contributed by atoms with Gasteiger partial charge in [-0.25, -0.2) is 12.8 Å². The van der Waals surface area contributed by atoms with Crippen molar-refractivity contribution in [2.24, 2.45) is 0 Å². The molecular weight excluding hydrogens is 377 g/mol. The summed E-state index contributed by atoms with van der Waals surface area (Å²) in [5.74, 6) is -1.89. The predicted octanol–water partition coefficient (Wildman–Crippen LogP) is 2.48. The van der Waals surface area contributed by atoms with E-state index >= 15 is 0 Å². The number of nitrogens with zero attached hydrogens (tertiary/aromatic N) is 1. The molecule has 0 aromatic heterocycles. The van der Waals surface area contributed by atoms with E-state index in [2.05, 4.69) is 15.9 Å². The van der Waals surface area contributed by atoms with Crippen LogP contribution in [0.15, 0.2) is 21.5 Å². The maximum absolute atomic E-state index is 13.2. The van der Waals surface area contributed by atoms with Crippen LogP contribution in [0.5, 0.6) is 0 Å². The normalized spacial score (nSPS) is 20.2. The Morgan fingerprint density at radius 2 is 2.15 bits per heavy atom. The molecular formula is C11H10BrClFNO4S. The van der Waals surface area contributed by atoms with E-state index in [4.69, 9.17) is 16.7 Å². The first-order valence-corrected chi connectivity index (χ1v) is 8.25. The zero-order chi connectivity index (χ0) is 15.1. The second-order valence-corrected chi connectivity index (χ2v) is 7.40. The van der Waals surface area contributed by atoms with Crippen molar-refractivity contribution >= 4 is 43.5 Å². The Balaban J connectivity index is 2.54. The van der Waals surface area contributed by atoms with Gasteiger partial charge in [-0.1, -0.05) is 11.6 Å². The maximum atomic E-state index is 13.2. The number of carboxylic acids is 1. The first-order chi connectivity index (χ1) is 9.25. The molecule has 1 heterocycles. The summed E-state index contributed by atoms with van der Waals surface area (Å²) in [7, 11) is -4.10. The summed E-state index contributed by atoms with van der Waals surface area (Å²) in [6.07, 6.45) is 0.692. The lowest BCUT2D eigenvalue weighted by Gasteiger charge is -2.22. The van der Waals surface area contributed by atoms with Crippen LogP contribution in [-0.2, 0) is 14.8 Å². The molecule has 1 N–H and O–H groups in total. The second-order valence-electron chi connectivity index (χ2n) is 4.31. The zero-order valence-electron chi connectivity index (χ0n) is 10.0. The Bertz CT molecular complexity index is 643.